The molecule has 2 heteroatoms. The first-order valence-electron chi connectivity index (χ1n) is 6.10. The number of hydrogen-bond donors (Lipinski definition) is 1. The third-order valence-corrected chi connectivity index (χ3v) is 2.98. The number of ether oxygens (including phenoxy) is 1. The summed E-state index contributed by atoms with van der Waals surface area (Å²) in [7, 11) is 0. The van der Waals surface area contributed by atoms with Crippen molar-refractivity contribution in [3.05, 3.63) is 71.8 Å². The van der Waals surface area contributed by atoms with Gasteiger partial charge in [-0.15, -0.1) is 0 Å². The maximum Gasteiger partial charge on any atom is 0.190 e. The van der Waals surface area contributed by atoms with Gasteiger partial charge in [0, 0.05) is 5.56 Å². The molecular formula is C16H18O2. The molecule has 0 saturated heterocycles. The van der Waals surface area contributed by atoms with Crippen LogP contribution in [0.4, 0.5) is 0 Å². The van der Waals surface area contributed by atoms with E-state index in [0.29, 0.717) is 0 Å². The first kappa shape index (κ1) is 12.8. The van der Waals surface area contributed by atoms with Gasteiger partial charge in [0.15, 0.2) is 5.79 Å². The van der Waals surface area contributed by atoms with E-state index >= 15 is 0 Å². The Hall–Kier alpha value is -1.64. The van der Waals surface area contributed by atoms with Gasteiger partial charge in [0.05, 0.1) is 6.10 Å². The van der Waals surface area contributed by atoms with Crippen molar-refractivity contribution in [3.63, 3.8) is 0 Å². The molecule has 0 aliphatic carbocycles. The molecular weight excluding hydrogens is 224 g/mol. The molecule has 2 unspecified atom stereocenters. The number of hydrogen-bond acceptors (Lipinski definition) is 2. The molecule has 0 bridgehead atoms. The van der Waals surface area contributed by atoms with E-state index in [1.165, 1.54) is 0 Å². The van der Waals surface area contributed by atoms with Crippen LogP contribution in [0.25, 0.3) is 0 Å². The van der Waals surface area contributed by atoms with Crippen LogP contribution < -0.4 is 0 Å². The molecule has 2 aromatic rings. The van der Waals surface area contributed by atoms with E-state index in [1.807, 2.05) is 67.6 Å². The summed E-state index contributed by atoms with van der Waals surface area (Å²) >= 11 is 0. The van der Waals surface area contributed by atoms with Crippen molar-refractivity contribution in [2.45, 2.75) is 25.7 Å². The van der Waals surface area contributed by atoms with E-state index in [4.69, 9.17) is 4.74 Å². The van der Waals surface area contributed by atoms with Gasteiger partial charge in [0.2, 0.25) is 0 Å². The number of aliphatic hydroxyl groups is 1. The van der Waals surface area contributed by atoms with Crippen molar-refractivity contribution in [1.82, 2.24) is 0 Å². The molecule has 0 spiro atoms. The van der Waals surface area contributed by atoms with Crippen molar-refractivity contribution >= 4 is 0 Å². The van der Waals surface area contributed by atoms with Gasteiger partial charge < -0.3 is 9.84 Å². The summed E-state index contributed by atoms with van der Waals surface area (Å²) in [6.45, 7) is 3.61. The molecule has 0 aliphatic heterocycles. The van der Waals surface area contributed by atoms with Gasteiger partial charge in [-0.2, -0.15) is 0 Å². The second-order valence-corrected chi connectivity index (χ2v) is 4.52. The molecule has 2 aromatic carbocycles. The Morgan fingerprint density at radius 1 is 0.944 bits per heavy atom. The Bertz CT molecular complexity index is 477. The van der Waals surface area contributed by atoms with E-state index in [9.17, 15) is 5.11 Å². The van der Waals surface area contributed by atoms with Crippen LogP contribution in [0.5, 0.6) is 0 Å². The van der Waals surface area contributed by atoms with Gasteiger partial charge in [-0.3, -0.25) is 0 Å². The average Bonchev–Trinajstić information content (AvgIpc) is 2.40. The Kier molecular flexibility index (Phi) is 3.80. The Morgan fingerprint density at radius 2 is 1.44 bits per heavy atom. The van der Waals surface area contributed by atoms with E-state index in [1.54, 1.807) is 6.92 Å². The maximum absolute atomic E-state index is 10.4. The fraction of sp³-hybridized carbons (Fsp3) is 0.250. The highest BCUT2D eigenvalue weighted by molar-refractivity contribution is 5.21. The molecule has 0 heterocycles. The second-order valence-electron chi connectivity index (χ2n) is 4.52. The van der Waals surface area contributed by atoms with Crippen LogP contribution in [-0.4, -0.2) is 5.11 Å². The standard InChI is InChI=1S/C16H18O2/c1-13(14-9-5-3-6-10-14)18-16(2,17)15-11-7-4-8-12-15/h3-13,17H,1-2H3. The van der Waals surface area contributed by atoms with Crippen LogP contribution in [0.2, 0.25) is 0 Å². The smallest absolute Gasteiger partial charge is 0.190 e. The van der Waals surface area contributed by atoms with Crippen LogP contribution in [-0.2, 0) is 10.5 Å². The lowest BCUT2D eigenvalue weighted by Gasteiger charge is -2.28. The zero-order valence-electron chi connectivity index (χ0n) is 10.7. The Balaban J connectivity index is 2.14. The highest BCUT2D eigenvalue weighted by Gasteiger charge is 2.26. The summed E-state index contributed by atoms with van der Waals surface area (Å²) in [6, 6.07) is 19.3. The SMILES string of the molecule is CC(OC(C)(O)c1ccccc1)c1ccccc1. The summed E-state index contributed by atoms with van der Waals surface area (Å²) in [5.74, 6) is -1.28. The third kappa shape index (κ3) is 2.97. The molecule has 1 N–H and O–H groups in total. The van der Waals surface area contributed by atoms with Crippen LogP contribution in [0.3, 0.4) is 0 Å². The molecule has 0 amide bonds. The average molecular weight is 242 g/mol. The van der Waals surface area contributed by atoms with Crippen molar-refractivity contribution in [2.75, 3.05) is 0 Å². The predicted octanol–water partition coefficient (Wildman–Crippen LogP) is 3.63. The van der Waals surface area contributed by atoms with Crippen LogP contribution in [0.15, 0.2) is 60.7 Å². The molecule has 0 saturated carbocycles. The van der Waals surface area contributed by atoms with E-state index in [-0.39, 0.29) is 6.10 Å². The molecule has 0 fully saturated rings. The quantitative estimate of drug-likeness (QED) is 0.830. The Labute approximate surface area is 108 Å². The molecule has 2 nitrogen and oxygen atoms in total. The van der Waals surface area contributed by atoms with Crippen molar-refractivity contribution in [1.29, 1.82) is 0 Å². The largest absolute Gasteiger partial charge is 0.362 e. The van der Waals surface area contributed by atoms with Crippen molar-refractivity contribution < 1.29 is 9.84 Å². The zero-order chi connectivity index (χ0) is 13.0. The van der Waals surface area contributed by atoms with E-state index in [2.05, 4.69) is 0 Å². The highest BCUT2D eigenvalue weighted by Crippen LogP contribution is 2.29. The normalized spacial score (nSPS) is 15.9. The summed E-state index contributed by atoms with van der Waals surface area (Å²) in [6.07, 6.45) is -0.165. The van der Waals surface area contributed by atoms with E-state index in [0.717, 1.165) is 11.1 Å². The van der Waals surface area contributed by atoms with Crippen LogP contribution in [0, 0.1) is 0 Å². The molecule has 18 heavy (non-hydrogen) atoms. The minimum atomic E-state index is -1.28. The van der Waals surface area contributed by atoms with Gasteiger partial charge in [-0.25, -0.2) is 0 Å². The Morgan fingerprint density at radius 3 is 2.00 bits per heavy atom. The predicted molar refractivity (Wildman–Crippen MR) is 72.0 cm³/mol. The molecule has 0 aliphatic rings. The molecule has 2 atom stereocenters. The first-order valence-corrected chi connectivity index (χ1v) is 6.10. The van der Waals surface area contributed by atoms with E-state index < -0.39 is 5.79 Å². The first-order chi connectivity index (χ1) is 8.59. The van der Waals surface area contributed by atoms with Crippen molar-refractivity contribution in [3.8, 4) is 0 Å². The molecule has 0 aromatic heterocycles. The molecule has 94 valence electrons. The van der Waals surface area contributed by atoms with Crippen LogP contribution >= 0.6 is 0 Å². The maximum atomic E-state index is 10.4. The fourth-order valence-electron chi connectivity index (χ4n) is 1.95. The highest BCUT2D eigenvalue weighted by atomic mass is 16.6. The third-order valence-electron chi connectivity index (χ3n) is 2.98. The summed E-state index contributed by atoms with van der Waals surface area (Å²) < 4.78 is 5.77. The topological polar surface area (TPSA) is 29.5 Å². The van der Waals surface area contributed by atoms with Gasteiger partial charge in [0.25, 0.3) is 0 Å². The lowest BCUT2D eigenvalue weighted by Crippen LogP contribution is -2.26. The summed E-state index contributed by atoms with van der Waals surface area (Å²) in [5.41, 5.74) is 1.81. The minimum Gasteiger partial charge on any atom is -0.362 e. The lowest BCUT2D eigenvalue weighted by atomic mass is 10.1. The van der Waals surface area contributed by atoms with Crippen molar-refractivity contribution in [2.24, 2.45) is 0 Å². The second kappa shape index (κ2) is 5.34. The molecule has 2 rings (SSSR count). The lowest BCUT2D eigenvalue weighted by molar-refractivity contribution is -0.225. The van der Waals surface area contributed by atoms with Gasteiger partial charge in [-0.05, 0) is 19.4 Å². The van der Waals surface area contributed by atoms with Gasteiger partial charge in [-0.1, -0.05) is 60.7 Å². The summed E-state index contributed by atoms with van der Waals surface area (Å²) in [5, 5.41) is 10.4. The van der Waals surface area contributed by atoms with Gasteiger partial charge in [0.1, 0.15) is 0 Å². The summed E-state index contributed by atoms with van der Waals surface area (Å²) in [4.78, 5) is 0. The fourth-order valence-corrected chi connectivity index (χ4v) is 1.95. The number of rotatable bonds is 4. The zero-order valence-corrected chi connectivity index (χ0v) is 10.7. The van der Waals surface area contributed by atoms with Crippen LogP contribution in [0.1, 0.15) is 31.1 Å². The minimum absolute atomic E-state index is 0.165. The van der Waals surface area contributed by atoms with Gasteiger partial charge >= 0.3 is 0 Å². The monoisotopic (exact) mass is 242 g/mol. The number of benzene rings is 2. The molecule has 0 radical (unpaired) electrons.